The first-order valence-corrected chi connectivity index (χ1v) is 10.1. The maximum Gasteiger partial charge on any atom is 0.193 e. The third-order valence-electron chi connectivity index (χ3n) is 3.91. The highest BCUT2D eigenvalue weighted by molar-refractivity contribution is 6.44. The Labute approximate surface area is 192 Å². The number of halogens is 6. The molecule has 0 unspecified atom stereocenters. The summed E-state index contributed by atoms with van der Waals surface area (Å²) in [5.41, 5.74) is 2.06. The monoisotopic (exact) mass is 488 g/mol. The van der Waals surface area contributed by atoms with Crippen LogP contribution < -0.4 is 0 Å². The Morgan fingerprint density at radius 1 is 0.571 bits per heavy atom. The quantitative estimate of drug-likeness (QED) is 0.202. The summed E-state index contributed by atoms with van der Waals surface area (Å²) in [4.78, 5) is 13.3. The van der Waals surface area contributed by atoms with Gasteiger partial charge in [-0.3, -0.25) is 4.79 Å². The van der Waals surface area contributed by atoms with Gasteiger partial charge in [-0.05, 0) is 59.7 Å². The molecule has 0 bridgehead atoms. The molecule has 0 aliphatic carbocycles. The Morgan fingerprint density at radius 3 is 1.57 bits per heavy atom. The Bertz CT molecular complexity index is 1100. The van der Waals surface area contributed by atoms with Crippen molar-refractivity contribution in [2.24, 2.45) is 0 Å². The highest BCUT2D eigenvalue weighted by Gasteiger charge is 2.17. The molecule has 0 atom stereocenters. The minimum absolute atomic E-state index is 0.261. The predicted molar refractivity (Wildman–Crippen MR) is 122 cm³/mol. The molecule has 3 aromatic rings. The standard InChI is InChI=1S/C21H10Cl6O/c22-15-4-1-11(8-18(15)25)7-14(12-2-5-16(23)19(26)9-12)21(28)13-3-6-17(24)20(27)10-13/h1-10H/b14-7+. The van der Waals surface area contributed by atoms with Crippen LogP contribution in [0.3, 0.4) is 0 Å². The van der Waals surface area contributed by atoms with Gasteiger partial charge in [-0.2, -0.15) is 0 Å². The SMILES string of the molecule is O=C(/C(=C/c1ccc(Cl)c(Cl)c1)c1ccc(Cl)c(Cl)c1)c1ccc(Cl)c(Cl)c1. The number of Topliss-reactive ketones (excluding diaryl/α,β-unsaturated/α-hetero) is 1. The van der Waals surface area contributed by atoms with Gasteiger partial charge in [0.2, 0.25) is 0 Å². The highest BCUT2D eigenvalue weighted by atomic mass is 35.5. The Kier molecular flexibility index (Phi) is 6.98. The van der Waals surface area contributed by atoms with Gasteiger partial charge >= 0.3 is 0 Å². The second kappa shape index (κ2) is 9.09. The van der Waals surface area contributed by atoms with Crippen LogP contribution in [0, 0.1) is 0 Å². The van der Waals surface area contributed by atoms with E-state index in [-0.39, 0.29) is 10.8 Å². The van der Waals surface area contributed by atoms with Gasteiger partial charge < -0.3 is 0 Å². The van der Waals surface area contributed by atoms with Gasteiger partial charge in [0.1, 0.15) is 0 Å². The molecule has 0 spiro atoms. The molecule has 0 amide bonds. The molecule has 3 rings (SSSR count). The number of ketones is 1. The summed E-state index contributed by atoms with van der Waals surface area (Å²) in [6, 6.07) is 14.8. The van der Waals surface area contributed by atoms with E-state index in [1.54, 1.807) is 54.6 Å². The molecule has 3 aromatic carbocycles. The largest absolute Gasteiger partial charge is 0.289 e. The third kappa shape index (κ3) is 4.86. The topological polar surface area (TPSA) is 17.1 Å². The maximum absolute atomic E-state index is 13.3. The molecule has 0 aliphatic heterocycles. The summed E-state index contributed by atoms with van der Waals surface area (Å²) >= 11 is 36.3. The Morgan fingerprint density at radius 2 is 1.04 bits per heavy atom. The fourth-order valence-electron chi connectivity index (χ4n) is 2.51. The number of carbonyl (C=O) groups is 1. The van der Waals surface area contributed by atoms with Crippen molar-refractivity contribution >= 4 is 87.0 Å². The number of rotatable bonds is 4. The van der Waals surface area contributed by atoms with Crippen molar-refractivity contribution in [2.45, 2.75) is 0 Å². The van der Waals surface area contributed by atoms with Crippen molar-refractivity contribution in [1.82, 2.24) is 0 Å². The van der Waals surface area contributed by atoms with Crippen LogP contribution in [0.5, 0.6) is 0 Å². The van der Waals surface area contributed by atoms with Crippen LogP contribution in [0.1, 0.15) is 21.5 Å². The average molecular weight is 491 g/mol. The summed E-state index contributed by atoms with van der Waals surface area (Å²) < 4.78 is 0. The molecule has 28 heavy (non-hydrogen) atoms. The van der Waals surface area contributed by atoms with Gasteiger partial charge in [-0.25, -0.2) is 0 Å². The van der Waals surface area contributed by atoms with E-state index in [1.807, 2.05) is 0 Å². The van der Waals surface area contributed by atoms with Crippen molar-refractivity contribution in [3.05, 3.63) is 101 Å². The third-order valence-corrected chi connectivity index (χ3v) is 6.13. The van der Waals surface area contributed by atoms with Crippen molar-refractivity contribution in [1.29, 1.82) is 0 Å². The molecule has 7 heteroatoms. The second-order valence-corrected chi connectivity index (χ2v) is 8.26. The van der Waals surface area contributed by atoms with E-state index in [9.17, 15) is 4.79 Å². The number of carbonyl (C=O) groups excluding carboxylic acids is 1. The second-order valence-electron chi connectivity index (χ2n) is 5.82. The number of allylic oxidation sites excluding steroid dienone is 1. The molecule has 0 saturated carbocycles. The van der Waals surface area contributed by atoms with E-state index >= 15 is 0 Å². The van der Waals surface area contributed by atoms with Crippen molar-refractivity contribution in [3.8, 4) is 0 Å². The van der Waals surface area contributed by atoms with E-state index in [0.717, 1.165) is 0 Å². The zero-order valence-corrected chi connectivity index (χ0v) is 18.5. The average Bonchev–Trinajstić information content (AvgIpc) is 2.66. The van der Waals surface area contributed by atoms with Crippen LogP contribution in [0.15, 0.2) is 54.6 Å². The summed E-state index contributed by atoms with van der Waals surface area (Å²) in [6.07, 6.45) is 1.70. The summed E-state index contributed by atoms with van der Waals surface area (Å²) in [6.45, 7) is 0. The minimum Gasteiger partial charge on any atom is -0.289 e. The van der Waals surface area contributed by atoms with E-state index in [2.05, 4.69) is 0 Å². The van der Waals surface area contributed by atoms with Gasteiger partial charge in [0.05, 0.1) is 30.1 Å². The Balaban J connectivity index is 2.16. The maximum atomic E-state index is 13.3. The highest BCUT2D eigenvalue weighted by Crippen LogP contribution is 2.32. The molecule has 0 aromatic heterocycles. The Hall–Kier alpha value is -1.19. The van der Waals surface area contributed by atoms with Gasteiger partial charge in [0.25, 0.3) is 0 Å². The lowest BCUT2D eigenvalue weighted by atomic mass is 9.94. The fraction of sp³-hybridized carbons (Fsp3) is 0. The van der Waals surface area contributed by atoms with E-state index < -0.39 is 0 Å². The smallest absolute Gasteiger partial charge is 0.193 e. The lowest BCUT2D eigenvalue weighted by molar-refractivity contribution is 0.105. The van der Waals surface area contributed by atoms with Gasteiger partial charge in [0.15, 0.2) is 5.78 Å². The fourth-order valence-corrected chi connectivity index (χ4v) is 3.41. The first kappa shape index (κ1) is 21.5. The number of benzene rings is 3. The summed E-state index contributed by atoms with van der Waals surface area (Å²) in [7, 11) is 0. The van der Waals surface area contributed by atoms with Crippen molar-refractivity contribution < 1.29 is 4.79 Å². The zero-order valence-electron chi connectivity index (χ0n) is 13.9. The van der Waals surface area contributed by atoms with Crippen LogP contribution >= 0.6 is 69.6 Å². The number of hydrogen-bond donors (Lipinski definition) is 0. The molecule has 142 valence electrons. The van der Waals surface area contributed by atoms with Crippen LogP contribution in [0.2, 0.25) is 30.1 Å². The van der Waals surface area contributed by atoms with Crippen LogP contribution in [0.4, 0.5) is 0 Å². The molecule has 1 nitrogen and oxygen atoms in total. The predicted octanol–water partition coefficient (Wildman–Crippen LogP) is 9.03. The molecule has 0 heterocycles. The van der Waals surface area contributed by atoms with E-state index in [0.29, 0.717) is 47.4 Å². The van der Waals surface area contributed by atoms with Crippen LogP contribution in [-0.2, 0) is 0 Å². The normalized spacial score (nSPS) is 11.6. The molecule has 0 saturated heterocycles. The molecule has 0 radical (unpaired) electrons. The zero-order chi connectivity index (χ0) is 20.4. The first-order chi connectivity index (χ1) is 13.3. The molecule has 0 N–H and O–H groups in total. The molecule has 0 fully saturated rings. The molecular weight excluding hydrogens is 481 g/mol. The van der Waals surface area contributed by atoms with Gasteiger partial charge in [-0.15, -0.1) is 0 Å². The summed E-state index contributed by atoms with van der Waals surface area (Å²) in [5.74, 6) is -0.261. The lowest BCUT2D eigenvalue weighted by Crippen LogP contribution is -2.03. The lowest BCUT2D eigenvalue weighted by Gasteiger charge is -2.10. The van der Waals surface area contributed by atoms with E-state index in [4.69, 9.17) is 69.6 Å². The number of hydrogen-bond acceptors (Lipinski definition) is 1. The minimum atomic E-state index is -0.261. The van der Waals surface area contributed by atoms with Crippen molar-refractivity contribution in [2.75, 3.05) is 0 Å². The summed E-state index contributed by atoms with van der Waals surface area (Å²) in [5, 5.41) is 2.18. The molecule has 0 aliphatic rings. The van der Waals surface area contributed by atoms with E-state index in [1.165, 1.54) is 6.07 Å². The van der Waals surface area contributed by atoms with Gasteiger partial charge in [0, 0.05) is 11.1 Å². The van der Waals surface area contributed by atoms with Crippen molar-refractivity contribution in [3.63, 3.8) is 0 Å². The first-order valence-electron chi connectivity index (χ1n) is 7.88. The van der Waals surface area contributed by atoms with Crippen LogP contribution in [0.25, 0.3) is 11.6 Å². The van der Waals surface area contributed by atoms with Gasteiger partial charge in [-0.1, -0.05) is 81.7 Å². The molecular formula is C21H10Cl6O. The van der Waals surface area contributed by atoms with Crippen LogP contribution in [-0.4, -0.2) is 5.78 Å².